The van der Waals surface area contributed by atoms with Crippen molar-refractivity contribution in [2.45, 2.75) is 19.5 Å². The second-order valence-corrected chi connectivity index (χ2v) is 2.98. The molecule has 0 spiro atoms. The van der Waals surface area contributed by atoms with E-state index >= 15 is 0 Å². The van der Waals surface area contributed by atoms with Gasteiger partial charge in [-0.05, 0) is 13.0 Å². The minimum atomic E-state index is -4.84. The number of alkyl halides is 5. The van der Waals surface area contributed by atoms with E-state index in [9.17, 15) is 22.0 Å². The van der Waals surface area contributed by atoms with E-state index < -0.39 is 29.4 Å². The maximum absolute atomic E-state index is 12.4. The molecule has 0 bridgehead atoms. The molecule has 0 unspecified atom stereocenters. The van der Waals surface area contributed by atoms with Crippen LogP contribution in [0.1, 0.15) is 28.9 Å². The second-order valence-electron chi connectivity index (χ2n) is 2.98. The Morgan fingerprint density at radius 3 is 2.31 bits per heavy atom. The zero-order valence-corrected chi connectivity index (χ0v) is 7.94. The number of pyridine rings is 1. The molecule has 1 rings (SSSR count). The first kappa shape index (κ1) is 12.4. The Bertz CT molecular complexity index is 444. The molecule has 0 saturated carbocycles. The van der Waals surface area contributed by atoms with Crippen molar-refractivity contribution in [3.8, 4) is 6.07 Å². The van der Waals surface area contributed by atoms with Gasteiger partial charge in [0, 0.05) is 5.69 Å². The molecule has 1 aromatic rings. The van der Waals surface area contributed by atoms with Crippen LogP contribution < -0.4 is 0 Å². The number of nitrogens with zero attached hydrogens (tertiary/aromatic N) is 2. The van der Waals surface area contributed by atoms with Gasteiger partial charge in [0.25, 0.3) is 6.43 Å². The van der Waals surface area contributed by atoms with Crippen molar-refractivity contribution >= 4 is 0 Å². The molecule has 0 amide bonds. The van der Waals surface area contributed by atoms with E-state index in [0.29, 0.717) is 6.07 Å². The molecule has 0 aromatic carbocycles. The summed E-state index contributed by atoms with van der Waals surface area (Å²) in [5.41, 5.74) is -3.83. The van der Waals surface area contributed by atoms with Crippen molar-refractivity contribution in [2.24, 2.45) is 0 Å². The molecule has 86 valence electrons. The van der Waals surface area contributed by atoms with Gasteiger partial charge in [0.15, 0.2) is 0 Å². The average molecular weight is 236 g/mol. The molecule has 0 aliphatic heterocycles. The molecular weight excluding hydrogens is 231 g/mol. The van der Waals surface area contributed by atoms with Crippen LogP contribution in [-0.2, 0) is 6.18 Å². The fourth-order valence-electron chi connectivity index (χ4n) is 1.20. The lowest BCUT2D eigenvalue weighted by Crippen LogP contribution is -2.12. The third kappa shape index (κ3) is 2.27. The summed E-state index contributed by atoms with van der Waals surface area (Å²) in [4.78, 5) is 3.25. The zero-order chi connectivity index (χ0) is 12.5. The number of aromatic nitrogens is 1. The number of nitriles is 1. The number of aryl methyl sites for hydroxylation is 1. The number of halogens is 5. The van der Waals surface area contributed by atoms with E-state index in [4.69, 9.17) is 5.26 Å². The second kappa shape index (κ2) is 4.04. The maximum atomic E-state index is 12.4. The van der Waals surface area contributed by atoms with E-state index in [1.807, 2.05) is 0 Å². The van der Waals surface area contributed by atoms with Crippen LogP contribution in [0.5, 0.6) is 0 Å². The minimum absolute atomic E-state index is 0.207. The van der Waals surface area contributed by atoms with E-state index in [-0.39, 0.29) is 5.69 Å². The molecule has 0 saturated heterocycles. The van der Waals surface area contributed by atoms with Gasteiger partial charge in [-0.15, -0.1) is 0 Å². The van der Waals surface area contributed by atoms with Crippen molar-refractivity contribution in [1.82, 2.24) is 4.98 Å². The van der Waals surface area contributed by atoms with Crippen molar-refractivity contribution < 1.29 is 22.0 Å². The lowest BCUT2D eigenvalue weighted by Gasteiger charge is -2.12. The molecule has 2 nitrogen and oxygen atoms in total. The van der Waals surface area contributed by atoms with Gasteiger partial charge in [-0.3, -0.25) is 4.98 Å². The van der Waals surface area contributed by atoms with Gasteiger partial charge in [0.1, 0.15) is 11.8 Å². The van der Waals surface area contributed by atoms with Gasteiger partial charge >= 0.3 is 6.18 Å². The predicted octanol–water partition coefficient (Wildman–Crippen LogP) is 3.22. The third-order valence-electron chi connectivity index (χ3n) is 1.80. The zero-order valence-electron chi connectivity index (χ0n) is 7.94. The molecule has 16 heavy (non-hydrogen) atoms. The van der Waals surface area contributed by atoms with E-state index in [1.165, 1.54) is 0 Å². The van der Waals surface area contributed by atoms with Crippen molar-refractivity contribution in [2.75, 3.05) is 0 Å². The van der Waals surface area contributed by atoms with Crippen LogP contribution in [0, 0.1) is 18.3 Å². The normalized spacial score (nSPS) is 11.6. The fourth-order valence-corrected chi connectivity index (χ4v) is 1.20. The highest BCUT2D eigenvalue weighted by atomic mass is 19.4. The Labute approximate surface area is 87.3 Å². The predicted molar refractivity (Wildman–Crippen MR) is 43.6 cm³/mol. The molecular formula is C9H5F5N2. The highest BCUT2D eigenvalue weighted by molar-refractivity contribution is 5.44. The molecule has 1 aromatic heterocycles. The smallest absolute Gasteiger partial charge is 0.251 e. The summed E-state index contributed by atoms with van der Waals surface area (Å²) < 4.78 is 62.1. The highest BCUT2D eigenvalue weighted by Gasteiger charge is 2.36. The minimum Gasteiger partial charge on any atom is -0.251 e. The van der Waals surface area contributed by atoms with Gasteiger partial charge in [0.05, 0.1) is 11.1 Å². The summed E-state index contributed by atoms with van der Waals surface area (Å²) in [7, 11) is 0. The Hall–Kier alpha value is -1.71. The summed E-state index contributed by atoms with van der Waals surface area (Å²) in [6.45, 7) is 1.16. The van der Waals surface area contributed by atoms with Gasteiger partial charge in [-0.25, -0.2) is 8.78 Å². The van der Waals surface area contributed by atoms with Gasteiger partial charge in [-0.2, -0.15) is 18.4 Å². The van der Waals surface area contributed by atoms with Crippen LogP contribution in [0.2, 0.25) is 0 Å². The number of hydrogen-bond acceptors (Lipinski definition) is 2. The topological polar surface area (TPSA) is 36.7 Å². The lowest BCUT2D eigenvalue weighted by molar-refractivity contribution is -0.138. The molecule has 0 N–H and O–H groups in total. The van der Waals surface area contributed by atoms with Crippen LogP contribution in [0.3, 0.4) is 0 Å². The van der Waals surface area contributed by atoms with Crippen LogP contribution >= 0.6 is 0 Å². The van der Waals surface area contributed by atoms with Crippen molar-refractivity contribution in [3.63, 3.8) is 0 Å². The number of hydrogen-bond donors (Lipinski definition) is 0. The van der Waals surface area contributed by atoms with Crippen LogP contribution in [0.15, 0.2) is 6.07 Å². The van der Waals surface area contributed by atoms with Gasteiger partial charge in [0.2, 0.25) is 0 Å². The Kier molecular flexibility index (Phi) is 3.12. The molecule has 0 aliphatic rings. The summed E-state index contributed by atoms with van der Waals surface area (Å²) >= 11 is 0. The van der Waals surface area contributed by atoms with E-state index in [2.05, 4.69) is 4.98 Å². The number of rotatable bonds is 1. The monoisotopic (exact) mass is 236 g/mol. The largest absolute Gasteiger partial charge is 0.417 e. The van der Waals surface area contributed by atoms with E-state index in [1.54, 1.807) is 0 Å². The third-order valence-corrected chi connectivity index (χ3v) is 1.80. The van der Waals surface area contributed by atoms with Crippen molar-refractivity contribution in [1.29, 1.82) is 5.26 Å². The summed E-state index contributed by atoms with van der Waals surface area (Å²) in [5, 5.41) is 8.48. The first-order chi connectivity index (χ1) is 7.27. The van der Waals surface area contributed by atoms with Crippen LogP contribution in [0.25, 0.3) is 0 Å². The summed E-state index contributed by atoms with van der Waals surface area (Å²) in [6, 6.07) is 1.69. The first-order valence-corrected chi connectivity index (χ1v) is 4.04. The van der Waals surface area contributed by atoms with Crippen LogP contribution in [-0.4, -0.2) is 4.98 Å². The standard InChI is InChI=1S/C9H5F5N2/c1-4-2-6(9(12,13)14)5(3-15)7(16-4)8(10)11/h2,8H,1H3. The van der Waals surface area contributed by atoms with Gasteiger partial charge < -0.3 is 0 Å². The quantitative estimate of drug-likeness (QED) is 0.702. The van der Waals surface area contributed by atoms with E-state index in [0.717, 1.165) is 13.0 Å². The summed E-state index contributed by atoms with van der Waals surface area (Å²) in [5.74, 6) is 0. The first-order valence-electron chi connectivity index (χ1n) is 4.04. The average Bonchev–Trinajstić information content (AvgIpc) is 2.14. The van der Waals surface area contributed by atoms with Crippen LogP contribution in [0.4, 0.5) is 22.0 Å². The van der Waals surface area contributed by atoms with Crippen molar-refractivity contribution in [3.05, 3.63) is 28.6 Å². The SMILES string of the molecule is Cc1cc(C(F)(F)F)c(C#N)c(C(F)F)n1. The van der Waals surface area contributed by atoms with Gasteiger partial charge in [-0.1, -0.05) is 0 Å². The lowest BCUT2D eigenvalue weighted by atomic mass is 10.1. The molecule has 1 heterocycles. The molecule has 0 atom stereocenters. The fraction of sp³-hybridized carbons (Fsp3) is 0.333. The molecule has 0 fully saturated rings. The molecule has 0 radical (unpaired) electrons. The summed E-state index contributed by atoms with van der Waals surface area (Å²) in [6.07, 6.45) is -8.06. The Morgan fingerprint density at radius 1 is 1.38 bits per heavy atom. The maximum Gasteiger partial charge on any atom is 0.417 e. The molecule has 0 aliphatic carbocycles. The Balaban J connectivity index is 3.57. The molecule has 7 heteroatoms. The highest BCUT2D eigenvalue weighted by Crippen LogP contribution is 2.35. The Morgan fingerprint density at radius 2 is 1.94 bits per heavy atom.